The summed E-state index contributed by atoms with van der Waals surface area (Å²) in [5, 5.41) is 37.8. The fraction of sp³-hybridized carbons (Fsp3) is 0.722. The second-order valence-corrected chi connectivity index (χ2v) is 5.83. The van der Waals surface area contributed by atoms with Crippen LogP contribution in [0.25, 0.3) is 0 Å². The van der Waals surface area contributed by atoms with Crippen LogP contribution in [0.5, 0.6) is 0 Å². The zero-order valence-corrected chi connectivity index (χ0v) is 14.1. The summed E-state index contributed by atoms with van der Waals surface area (Å²) in [4.78, 5) is 10.3. The van der Waals surface area contributed by atoms with Crippen LogP contribution in [-0.4, -0.2) is 44.7 Å². The van der Waals surface area contributed by atoms with Crippen molar-refractivity contribution in [2.24, 2.45) is 0 Å². The fourth-order valence-electron chi connectivity index (χ4n) is 2.17. The van der Waals surface area contributed by atoms with Gasteiger partial charge in [-0.3, -0.25) is 4.79 Å². The van der Waals surface area contributed by atoms with Crippen LogP contribution < -0.4 is 0 Å². The topological polar surface area (TPSA) is 98.0 Å². The van der Waals surface area contributed by atoms with E-state index in [2.05, 4.69) is 0 Å². The lowest BCUT2D eigenvalue weighted by Gasteiger charge is -2.13. The molecule has 5 nitrogen and oxygen atoms in total. The molecule has 0 bridgehead atoms. The van der Waals surface area contributed by atoms with Crippen molar-refractivity contribution in [1.82, 2.24) is 0 Å². The third kappa shape index (κ3) is 14.2. The molecule has 0 aliphatic carbocycles. The molecule has 4 N–H and O–H groups in total. The molecule has 0 aromatic carbocycles. The van der Waals surface area contributed by atoms with Crippen LogP contribution in [-0.2, 0) is 4.79 Å². The summed E-state index contributed by atoms with van der Waals surface area (Å²) >= 11 is 0. The van der Waals surface area contributed by atoms with Crippen LogP contribution in [0.4, 0.5) is 0 Å². The molecule has 134 valence electrons. The number of hydrogen-bond acceptors (Lipinski definition) is 4. The third-order valence-corrected chi connectivity index (χ3v) is 3.60. The number of aliphatic hydroxyl groups is 3. The van der Waals surface area contributed by atoms with E-state index in [0.717, 1.165) is 32.1 Å². The van der Waals surface area contributed by atoms with Gasteiger partial charge in [0.1, 0.15) is 0 Å². The summed E-state index contributed by atoms with van der Waals surface area (Å²) in [5.41, 5.74) is 0. The number of hydrogen-bond donors (Lipinski definition) is 4. The highest BCUT2D eigenvalue weighted by Gasteiger charge is 2.11. The molecule has 0 aromatic heterocycles. The van der Waals surface area contributed by atoms with Gasteiger partial charge in [-0.1, -0.05) is 56.9 Å². The maximum atomic E-state index is 10.3. The molecule has 0 spiro atoms. The predicted octanol–water partition coefficient (Wildman–Crippen LogP) is 2.80. The summed E-state index contributed by atoms with van der Waals surface area (Å²) in [6, 6.07) is 0. The van der Waals surface area contributed by atoms with E-state index in [1.54, 1.807) is 0 Å². The van der Waals surface area contributed by atoms with E-state index >= 15 is 0 Å². The third-order valence-electron chi connectivity index (χ3n) is 3.60. The van der Waals surface area contributed by atoms with E-state index in [9.17, 15) is 20.1 Å². The molecule has 0 unspecified atom stereocenters. The van der Waals surface area contributed by atoms with Crippen molar-refractivity contribution < 1.29 is 25.2 Å². The van der Waals surface area contributed by atoms with Crippen molar-refractivity contribution in [3.63, 3.8) is 0 Å². The maximum Gasteiger partial charge on any atom is 0.303 e. The lowest BCUT2D eigenvalue weighted by Crippen LogP contribution is -2.23. The van der Waals surface area contributed by atoms with Crippen molar-refractivity contribution in [2.45, 2.75) is 83.0 Å². The monoisotopic (exact) mass is 328 g/mol. The van der Waals surface area contributed by atoms with Crippen LogP contribution in [0.2, 0.25) is 0 Å². The standard InChI is InChI=1S/C18H32O5/c1-2-3-7-11-16(20)17(21)14-13-15(19)10-8-5-4-6-9-12-18(22)23/h3,7,13-17,19-21H,2,4-6,8-12H2,1H3,(H,22,23)/t15-,16-,17+/m0/s1. The van der Waals surface area contributed by atoms with Gasteiger partial charge >= 0.3 is 5.97 Å². The minimum atomic E-state index is -0.970. The zero-order chi connectivity index (χ0) is 17.5. The summed E-state index contributed by atoms with van der Waals surface area (Å²) in [6.45, 7) is 2.00. The molecule has 0 aliphatic rings. The molecule has 5 heteroatoms. The largest absolute Gasteiger partial charge is 0.481 e. The lowest BCUT2D eigenvalue weighted by molar-refractivity contribution is -0.137. The summed E-state index contributed by atoms with van der Waals surface area (Å²) < 4.78 is 0. The number of allylic oxidation sites excluding steroid dienone is 1. The smallest absolute Gasteiger partial charge is 0.303 e. The van der Waals surface area contributed by atoms with Gasteiger partial charge < -0.3 is 20.4 Å². The highest BCUT2D eigenvalue weighted by Crippen LogP contribution is 2.10. The Hall–Kier alpha value is -1.17. The minimum absolute atomic E-state index is 0.221. The molecule has 0 amide bonds. The Balaban J connectivity index is 3.72. The number of carboxylic acids is 1. The fourth-order valence-corrected chi connectivity index (χ4v) is 2.17. The van der Waals surface area contributed by atoms with E-state index in [-0.39, 0.29) is 6.42 Å². The molecular formula is C18H32O5. The molecule has 0 aliphatic heterocycles. The number of carboxylic acid groups (broad SMARTS) is 1. The van der Waals surface area contributed by atoms with Crippen LogP contribution >= 0.6 is 0 Å². The first-order valence-corrected chi connectivity index (χ1v) is 8.56. The van der Waals surface area contributed by atoms with Gasteiger partial charge in [0, 0.05) is 6.42 Å². The predicted molar refractivity (Wildman–Crippen MR) is 91.2 cm³/mol. The Bertz CT molecular complexity index is 351. The zero-order valence-electron chi connectivity index (χ0n) is 14.1. The molecule has 0 heterocycles. The van der Waals surface area contributed by atoms with Crippen LogP contribution in [0, 0.1) is 0 Å². The van der Waals surface area contributed by atoms with E-state index < -0.39 is 24.3 Å². The highest BCUT2D eigenvalue weighted by atomic mass is 16.4. The first-order chi connectivity index (χ1) is 11.0. The molecule has 0 saturated carbocycles. The van der Waals surface area contributed by atoms with Crippen molar-refractivity contribution in [1.29, 1.82) is 0 Å². The Morgan fingerprint density at radius 3 is 2.26 bits per heavy atom. The van der Waals surface area contributed by atoms with Gasteiger partial charge in [0.05, 0.1) is 18.3 Å². The first-order valence-electron chi connectivity index (χ1n) is 8.56. The summed E-state index contributed by atoms with van der Waals surface area (Å²) in [6.07, 6.45) is 10.8. The second kappa shape index (κ2) is 14.4. The van der Waals surface area contributed by atoms with Crippen LogP contribution in [0.3, 0.4) is 0 Å². The van der Waals surface area contributed by atoms with Crippen LogP contribution in [0.15, 0.2) is 24.3 Å². The van der Waals surface area contributed by atoms with Crippen molar-refractivity contribution >= 4 is 5.97 Å². The number of rotatable bonds is 14. The molecule has 0 saturated heterocycles. The number of aliphatic hydroxyl groups excluding tert-OH is 3. The number of aliphatic carboxylic acids is 1. The van der Waals surface area contributed by atoms with Gasteiger partial charge in [-0.2, -0.15) is 0 Å². The SMILES string of the molecule is CCC=CC[C@H](O)[C@H](O)C=C[C@@H](O)CCCCCCCC(=O)O. The Labute approximate surface area is 139 Å². The Morgan fingerprint density at radius 1 is 0.957 bits per heavy atom. The number of unbranched alkanes of at least 4 members (excludes halogenated alkanes) is 4. The maximum absolute atomic E-state index is 10.3. The molecule has 0 rings (SSSR count). The Kier molecular flexibility index (Phi) is 13.7. The highest BCUT2D eigenvalue weighted by molar-refractivity contribution is 5.66. The van der Waals surface area contributed by atoms with E-state index in [1.807, 2.05) is 19.1 Å². The normalized spacial score (nSPS) is 16.0. The first kappa shape index (κ1) is 21.8. The van der Waals surface area contributed by atoms with Crippen molar-refractivity contribution in [2.75, 3.05) is 0 Å². The van der Waals surface area contributed by atoms with Gasteiger partial charge in [-0.25, -0.2) is 0 Å². The minimum Gasteiger partial charge on any atom is -0.481 e. The lowest BCUT2D eigenvalue weighted by atomic mass is 10.0. The van der Waals surface area contributed by atoms with E-state index in [4.69, 9.17) is 5.11 Å². The van der Waals surface area contributed by atoms with Gasteiger partial charge in [0.2, 0.25) is 0 Å². The second-order valence-electron chi connectivity index (χ2n) is 5.83. The average Bonchev–Trinajstić information content (AvgIpc) is 2.51. The Morgan fingerprint density at radius 2 is 1.61 bits per heavy atom. The number of carbonyl (C=O) groups is 1. The molecular weight excluding hydrogens is 296 g/mol. The van der Waals surface area contributed by atoms with Crippen LogP contribution in [0.1, 0.15) is 64.7 Å². The average molecular weight is 328 g/mol. The summed E-state index contributed by atoms with van der Waals surface area (Å²) in [7, 11) is 0. The van der Waals surface area contributed by atoms with Crippen molar-refractivity contribution in [3.8, 4) is 0 Å². The van der Waals surface area contributed by atoms with Gasteiger partial charge in [0.25, 0.3) is 0 Å². The summed E-state index contributed by atoms with van der Waals surface area (Å²) in [5.74, 6) is -0.753. The van der Waals surface area contributed by atoms with E-state index in [1.165, 1.54) is 12.2 Å². The van der Waals surface area contributed by atoms with E-state index in [0.29, 0.717) is 19.3 Å². The van der Waals surface area contributed by atoms with Gasteiger partial charge in [-0.15, -0.1) is 0 Å². The molecule has 23 heavy (non-hydrogen) atoms. The molecule has 0 fully saturated rings. The molecule has 3 atom stereocenters. The van der Waals surface area contributed by atoms with Gasteiger partial charge in [-0.05, 0) is 25.7 Å². The molecule has 0 aromatic rings. The van der Waals surface area contributed by atoms with Crippen molar-refractivity contribution in [3.05, 3.63) is 24.3 Å². The van der Waals surface area contributed by atoms with Gasteiger partial charge in [0.15, 0.2) is 0 Å². The molecule has 0 radical (unpaired) electrons. The quantitative estimate of drug-likeness (QED) is 0.290.